The highest BCUT2D eigenvalue weighted by atomic mass is 16.5. The summed E-state index contributed by atoms with van der Waals surface area (Å²) in [6, 6.07) is 0. The standard InChI is InChI=1S/C7H15O/c1-5-6-7(2,3)8-4/h5H,6H2,1-4H3. The summed E-state index contributed by atoms with van der Waals surface area (Å²) in [7, 11) is 1.74. The van der Waals surface area contributed by atoms with E-state index < -0.39 is 0 Å². The van der Waals surface area contributed by atoms with Gasteiger partial charge in [-0.05, 0) is 26.7 Å². The highest BCUT2D eigenvalue weighted by Crippen LogP contribution is 2.13. The van der Waals surface area contributed by atoms with Crippen molar-refractivity contribution in [2.24, 2.45) is 0 Å². The first-order chi connectivity index (χ1) is 3.62. The molecule has 0 heterocycles. The first-order valence-corrected chi connectivity index (χ1v) is 2.95. The van der Waals surface area contributed by atoms with Crippen LogP contribution in [0.3, 0.4) is 0 Å². The van der Waals surface area contributed by atoms with Crippen molar-refractivity contribution >= 4 is 0 Å². The summed E-state index contributed by atoms with van der Waals surface area (Å²) in [5.74, 6) is 0. The lowest BCUT2D eigenvalue weighted by atomic mass is 10.0. The molecular formula is C7H15O. The molecule has 0 saturated heterocycles. The molecule has 1 nitrogen and oxygen atoms in total. The van der Waals surface area contributed by atoms with Gasteiger partial charge in [-0.15, -0.1) is 0 Å². The molecule has 0 aliphatic rings. The van der Waals surface area contributed by atoms with Crippen LogP contribution in [-0.2, 0) is 4.74 Å². The average molecular weight is 115 g/mol. The molecule has 49 valence electrons. The summed E-state index contributed by atoms with van der Waals surface area (Å²) in [5.41, 5.74) is 0.0365. The van der Waals surface area contributed by atoms with Gasteiger partial charge in [0.2, 0.25) is 0 Å². The zero-order valence-corrected chi connectivity index (χ0v) is 6.19. The van der Waals surface area contributed by atoms with Crippen LogP contribution in [0.5, 0.6) is 0 Å². The van der Waals surface area contributed by atoms with Crippen molar-refractivity contribution in [2.75, 3.05) is 7.11 Å². The van der Waals surface area contributed by atoms with E-state index in [0.29, 0.717) is 0 Å². The Morgan fingerprint density at radius 2 is 2.00 bits per heavy atom. The maximum Gasteiger partial charge on any atom is 0.0625 e. The van der Waals surface area contributed by atoms with E-state index in [1.165, 1.54) is 0 Å². The smallest absolute Gasteiger partial charge is 0.0625 e. The predicted molar refractivity (Wildman–Crippen MR) is 35.7 cm³/mol. The fourth-order valence-corrected chi connectivity index (χ4v) is 0.575. The van der Waals surface area contributed by atoms with Gasteiger partial charge in [-0.3, -0.25) is 0 Å². The number of hydrogen-bond acceptors (Lipinski definition) is 1. The van der Waals surface area contributed by atoms with Crippen molar-refractivity contribution < 1.29 is 4.74 Å². The lowest BCUT2D eigenvalue weighted by Gasteiger charge is -2.21. The molecule has 0 bridgehead atoms. The largest absolute Gasteiger partial charge is 0.379 e. The molecule has 0 aliphatic carbocycles. The Labute approximate surface area is 52.0 Å². The van der Waals surface area contributed by atoms with E-state index in [1.807, 2.05) is 6.92 Å². The van der Waals surface area contributed by atoms with Crippen LogP contribution in [0.4, 0.5) is 0 Å². The van der Waals surface area contributed by atoms with Crippen LogP contribution in [0.1, 0.15) is 27.2 Å². The van der Waals surface area contributed by atoms with Gasteiger partial charge in [0.25, 0.3) is 0 Å². The highest BCUT2D eigenvalue weighted by Gasteiger charge is 2.13. The van der Waals surface area contributed by atoms with Gasteiger partial charge in [-0.2, -0.15) is 0 Å². The Morgan fingerprint density at radius 1 is 1.50 bits per heavy atom. The molecule has 1 heteroatoms. The van der Waals surface area contributed by atoms with Crippen LogP contribution in [0, 0.1) is 6.42 Å². The van der Waals surface area contributed by atoms with Gasteiger partial charge in [0.15, 0.2) is 0 Å². The van der Waals surface area contributed by atoms with Crippen molar-refractivity contribution in [2.45, 2.75) is 32.8 Å². The molecule has 0 aromatic rings. The molecule has 0 aromatic carbocycles. The van der Waals surface area contributed by atoms with Gasteiger partial charge in [-0.1, -0.05) is 6.92 Å². The van der Waals surface area contributed by atoms with Crippen molar-refractivity contribution in [3.63, 3.8) is 0 Å². The van der Waals surface area contributed by atoms with Crippen LogP contribution < -0.4 is 0 Å². The molecule has 0 unspecified atom stereocenters. The van der Waals surface area contributed by atoms with Crippen LogP contribution >= 0.6 is 0 Å². The van der Waals surface area contributed by atoms with Gasteiger partial charge < -0.3 is 4.74 Å². The zero-order valence-electron chi connectivity index (χ0n) is 6.19. The number of ether oxygens (including phenoxy) is 1. The van der Waals surface area contributed by atoms with Crippen molar-refractivity contribution in [3.8, 4) is 0 Å². The van der Waals surface area contributed by atoms with Crippen molar-refractivity contribution in [3.05, 3.63) is 6.42 Å². The molecule has 0 atom stereocenters. The SMILES string of the molecule is C[CH]CC(C)(C)OC. The Balaban J connectivity index is 3.37. The molecule has 1 radical (unpaired) electrons. The molecule has 0 N–H and O–H groups in total. The summed E-state index contributed by atoms with van der Waals surface area (Å²) in [5, 5.41) is 0. The lowest BCUT2D eigenvalue weighted by molar-refractivity contribution is 0.0225. The lowest BCUT2D eigenvalue weighted by Crippen LogP contribution is -2.21. The first kappa shape index (κ1) is 7.96. The molecule has 0 saturated carbocycles. The molecule has 0 aromatic heterocycles. The second-order valence-electron chi connectivity index (χ2n) is 2.58. The molecule has 0 spiro atoms. The maximum absolute atomic E-state index is 5.15. The predicted octanol–water partition coefficient (Wildman–Crippen LogP) is 2.03. The monoisotopic (exact) mass is 115 g/mol. The van der Waals surface area contributed by atoms with E-state index in [9.17, 15) is 0 Å². The number of hydrogen-bond donors (Lipinski definition) is 0. The molecular weight excluding hydrogens is 100 g/mol. The van der Waals surface area contributed by atoms with Gasteiger partial charge >= 0.3 is 0 Å². The van der Waals surface area contributed by atoms with E-state index in [2.05, 4.69) is 20.3 Å². The van der Waals surface area contributed by atoms with Crippen LogP contribution in [0.25, 0.3) is 0 Å². The highest BCUT2D eigenvalue weighted by molar-refractivity contribution is 4.74. The van der Waals surface area contributed by atoms with E-state index in [-0.39, 0.29) is 5.60 Å². The summed E-state index contributed by atoms with van der Waals surface area (Å²) in [6.07, 6.45) is 3.13. The molecule has 8 heavy (non-hydrogen) atoms. The van der Waals surface area contributed by atoms with E-state index in [0.717, 1.165) is 6.42 Å². The summed E-state index contributed by atoms with van der Waals surface area (Å²) >= 11 is 0. The van der Waals surface area contributed by atoms with Gasteiger partial charge in [0, 0.05) is 7.11 Å². The summed E-state index contributed by atoms with van der Waals surface area (Å²) in [4.78, 5) is 0. The Kier molecular flexibility index (Phi) is 3.06. The number of rotatable bonds is 3. The maximum atomic E-state index is 5.15. The Bertz CT molecular complexity index is 57.4. The minimum atomic E-state index is 0.0365. The van der Waals surface area contributed by atoms with E-state index in [4.69, 9.17) is 4.74 Å². The van der Waals surface area contributed by atoms with Gasteiger partial charge in [0.05, 0.1) is 5.60 Å². The van der Waals surface area contributed by atoms with Gasteiger partial charge in [-0.25, -0.2) is 0 Å². The fourth-order valence-electron chi connectivity index (χ4n) is 0.575. The first-order valence-electron chi connectivity index (χ1n) is 2.95. The molecule has 0 amide bonds. The van der Waals surface area contributed by atoms with Crippen LogP contribution in [0.2, 0.25) is 0 Å². The van der Waals surface area contributed by atoms with E-state index >= 15 is 0 Å². The van der Waals surface area contributed by atoms with E-state index in [1.54, 1.807) is 7.11 Å². The third-order valence-corrected chi connectivity index (χ3v) is 1.25. The second kappa shape index (κ2) is 3.08. The fraction of sp³-hybridized carbons (Fsp3) is 0.857. The Morgan fingerprint density at radius 3 is 2.12 bits per heavy atom. The van der Waals surface area contributed by atoms with Crippen LogP contribution in [-0.4, -0.2) is 12.7 Å². The third-order valence-electron chi connectivity index (χ3n) is 1.25. The topological polar surface area (TPSA) is 9.23 Å². The summed E-state index contributed by atoms with van der Waals surface area (Å²) in [6.45, 7) is 6.20. The minimum absolute atomic E-state index is 0.0365. The van der Waals surface area contributed by atoms with Crippen LogP contribution in [0.15, 0.2) is 0 Å². The van der Waals surface area contributed by atoms with Crippen molar-refractivity contribution in [1.29, 1.82) is 0 Å². The quantitative estimate of drug-likeness (QED) is 0.546. The molecule has 0 rings (SSSR count). The third kappa shape index (κ3) is 3.03. The van der Waals surface area contributed by atoms with Gasteiger partial charge in [0.1, 0.15) is 0 Å². The average Bonchev–Trinajstić information content (AvgIpc) is 1.67. The second-order valence-corrected chi connectivity index (χ2v) is 2.58. The normalized spacial score (nSPS) is 12.0. The molecule has 0 fully saturated rings. The minimum Gasteiger partial charge on any atom is -0.379 e. The zero-order chi connectivity index (χ0) is 6.62. The van der Waals surface area contributed by atoms with Crippen molar-refractivity contribution in [1.82, 2.24) is 0 Å². The Hall–Kier alpha value is -0.0400. The molecule has 0 aliphatic heterocycles. The summed E-state index contributed by atoms with van der Waals surface area (Å²) < 4.78 is 5.15. The number of methoxy groups -OCH3 is 1.